The van der Waals surface area contributed by atoms with Crippen molar-refractivity contribution in [2.24, 2.45) is 5.92 Å². The summed E-state index contributed by atoms with van der Waals surface area (Å²) in [7, 11) is 0. The van der Waals surface area contributed by atoms with Crippen molar-refractivity contribution in [3.63, 3.8) is 0 Å². The van der Waals surface area contributed by atoms with Crippen molar-refractivity contribution < 1.29 is 0 Å². The zero-order valence-electron chi connectivity index (χ0n) is 9.49. The Morgan fingerprint density at radius 3 is 3.07 bits per heavy atom. The van der Waals surface area contributed by atoms with E-state index < -0.39 is 0 Å². The van der Waals surface area contributed by atoms with Crippen molar-refractivity contribution in [1.29, 1.82) is 0 Å². The van der Waals surface area contributed by atoms with E-state index in [-0.39, 0.29) is 0 Å². The first kappa shape index (κ1) is 11.2. The topological polar surface area (TPSA) is 17.8 Å². The second-order valence-electron chi connectivity index (χ2n) is 4.57. The van der Waals surface area contributed by atoms with E-state index in [0.717, 1.165) is 12.5 Å². The van der Waals surface area contributed by atoms with Gasteiger partial charge in [0.2, 0.25) is 0 Å². The van der Waals surface area contributed by atoms with Crippen LogP contribution in [0.5, 0.6) is 0 Å². The molecule has 2 nitrogen and oxygen atoms in total. The molecule has 0 amide bonds. The number of hydrogen-bond donors (Lipinski definition) is 0. The molecule has 2 rings (SSSR count). The van der Waals surface area contributed by atoms with Crippen LogP contribution in [0.25, 0.3) is 0 Å². The number of alkyl halides is 1. The van der Waals surface area contributed by atoms with E-state index in [1.54, 1.807) is 0 Å². The molecule has 3 heteroatoms. The van der Waals surface area contributed by atoms with Gasteiger partial charge < -0.3 is 0 Å². The Balaban J connectivity index is 2.20. The Morgan fingerprint density at radius 1 is 1.53 bits per heavy atom. The molecule has 1 aliphatic carbocycles. The van der Waals surface area contributed by atoms with Gasteiger partial charge in [-0.05, 0) is 38.2 Å². The molecule has 3 atom stereocenters. The van der Waals surface area contributed by atoms with E-state index in [2.05, 4.69) is 45.6 Å². The lowest BCUT2D eigenvalue weighted by atomic mass is 9.78. The molecule has 1 aromatic heterocycles. The van der Waals surface area contributed by atoms with E-state index in [4.69, 9.17) is 0 Å². The zero-order valence-corrected chi connectivity index (χ0v) is 11.1. The number of nitrogens with zero attached hydrogens (tertiary/aromatic N) is 2. The van der Waals surface area contributed by atoms with Gasteiger partial charge in [0, 0.05) is 29.2 Å². The summed E-state index contributed by atoms with van der Waals surface area (Å²) in [6.07, 6.45) is 5.84. The minimum absolute atomic E-state index is 0.686. The van der Waals surface area contributed by atoms with Gasteiger partial charge in [0.05, 0.1) is 0 Å². The highest BCUT2D eigenvalue weighted by molar-refractivity contribution is 9.09. The summed E-state index contributed by atoms with van der Waals surface area (Å²) in [6.45, 7) is 5.52. The maximum atomic E-state index is 4.37. The number of hydrogen-bond acceptors (Lipinski definition) is 1. The molecular formula is C12H19BrN2. The van der Waals surface area contributed by atoms with Gasteiger partial charge >= 0.3 is 0 Å². The molecule has 0 spiro atoms. The van der Waals surface area contributed by atoms with E-state index in [1.807, 2.05) is 6.20 Å². The Labute approximate surface area is 100 Å². The normalized spacial score (nSPS) is 31.8. The second-order valence-corrected chi connectivity index (χ2v) is 5.86. The predicted octanol–water partition coefficient (Wildman–Crippen LogP) is 3.57. The highest BCUT2D eigenvalue weighted by atomic mass is 79.9. The monoisotopic (exact) mass is 270 g/mol. The van der Waals surface area contributed by atoms with Crippen LogP contribution in [0, 0.1) is 5.92 Å². The number of aromatic nitrogens is 2. The van der Waals surface area contributed by atoms with Gasteiger partial charge in [0.15, 0.2) is 0 Å². The Hall–Kier alpha value is -0.310. The molecule has 1 fully saturated rings. The average Bonchev–Trinajstić information content (AvgIpc) is 2.69. The Morgan fingerprint density at radius 2 is 2.33 bits per heavy atom. The summed E-state index contributed by atoms with van der Waals surface area (Å²) in [6, 6.07) is 2.19. The summed E-state index contributed by atoms with van der Waals surface area (Å²) in [5, 5.41) is 4.37. The molecule has 84 valence electrons. The molecular weight excluding hydrogens is 252 g/mol. The SMILES string of the molecule is CCn1nccc1C1CC(Br)CCC1C. The van der Waals surface area contributed by atoms with E-state index >= 15 is 0 Å². The summed E-state index contributed by atoms with van der Waals surface area (Å²) in [5.41, 5.74) is 1.43. The summed E-state index contributed by atoms with van der Waals surface area (Å²) >= 11 is 3.76. The van der Waals surface area contributed by atoms with Crippen molar-refractivity contribution >= 4 is 15.9 Å². The molecule has 3 unspecified atom stereocenters. The van der Waals surface area contributed by atoms with Crippen molar-refractivity contribution in [3.05, 3.63) is 18.0 Å². The lowest BCUT2D eigenvalue weighted by Crippen LogP contribution is -2.23. The Bertz CT molecular complexity index is 321. The molecule has 0 bridgehead atoms. The van der Waals surface area contributed by atoms with Crippen LogP contribution in [-0.2, 0) is 6.54 Å². The third-order valence-corrected chi connectivity index (χ3v) is 4.39. The van der Waals surface area contributed by atoms with Crippen molar-refractivity contribution in [3.8, 4) is 0 Å². The summed E-state index contributed by atoms with van der Waals surface area (Å²) < 4.78 is 2.15. The first-order valence-corrected chi connectivity index (χ1v) is 6.79. The van der Waals surface area contributed by atoms with Crippen LogP contribution in [0.3, 0.4) is 0 Å². The number of aryl methyl sites for hydroxylation is 1. The summed E-state index contributed by atoms with van der Waals surface area (Å²) in [4.78, 5) is 0.693. The van der Waals surface area contributed by atoms with E-state index in [9.17, 15) is 0 Å². The molecule has 1 aliphatic rings. The molecule has 0 aliphatic heterocycles. The van der Waals surface area contributed by atoms with Gasteiger partial charge in [-0.25, -0.2) is 0 Å². The first-order valence-electron chi connectivity index (χ1n) is 5.88. The summed E-state index contributed by atoms with van der Waals surface area (Å²) in [5.74, 6) is 1.48. The van der Waals surface area contributed by atoms with Crippen LogP contribution >= 0.6 is 15.9 Å². The highest BCUT2D eigenvalue weighted by Gasteiger charge is 2.29. The first-order chi connectivity index (χ1) is 7.22. The maximum Gasteiger partial charge on any atom is 0.0492 e. The quantitative estimate of drug-likeness (QED) is 0.752. The van der Waals surface area contributed by atoms with Gasteiger partial charge in [0.25, 0.3) is 0 Å². The van der Waals surface area contributed by atoms with Crippen LogP contribution in [-0.4, -0.2) is 14.6 Å². The number of rotatable bonds is 2. The standard InChI is InChI=1S/C12H19BrN2/c1-3-15-12(6-7-14-15)11-8-10(13)5-4-9(11)2/h6-7,9-11H,3-5,8H2,1-2H3. The van der Waals surface area contributed by atoms with E-state index in [0.29, 0.717) is 10.7 Å². The van der Waals surface area contributed by atoms with Crippen molar-refractivity contribution in [1.82, 2.24) is 9.78 Å². The molecule has 0 aromatic carbocycles. The molecule has 1 saturated carbocycles. The molecule has 0 N–H and O–H groups in total. The average molecular weight is 271 g/mol. The molecule has 15 heavy (non-hydrogen) atoms. The van der Waals surface area contributed by atoms with Gasteiger partial charge in [-0.3, -0.25) is 4.68 Å². The fraction of sp³-hybridized carbons (Fsp3) is 0.750. The molecule has 1 heterocycles. The van der Waals surface area contributed by atoms with Crippen LogP contribution in [0.1, 0.15) is 44.7 Å². The lowest BCUT2D eigenvalue weighted by Gasteiger charge is -2.32. The Kier molecular flexibility index (Phi) is 3.49. The number of halogens is 1. The van der Waals surface area contributed by atoms with Gasteiger partial charge in [-0.2, -0.15) is 5.10 Å². The van der Waals surface area contributed by atoms with E-state index in [1.165, 1.54) is 25.0 Å². The fourth-order valence-electron chi connectivity index (χ4n) is 2.60. The minimum atomic E-state index is 0.686. The highest BCUT2D eigenvalue weighted by Crippen LogP contribution is 2.39. The van der Waals surface area contributed by atoms with Crippen molar-refractivity contribution in [2.45, 2.75) is 50.4 Å². The largest absolute Gasteiger partial charge is 0.270 e. The minimum Gasteiger partial charge on any atom is -0.270 e. The van der Waals surface area contributed by atoms with Crippen LogP contribution < -0.4 is 0 Å². The zero-order chi connectivity index (χ0) is 10.8. The smallest absolute Gasteiger partial charge is 0.0492 e. The third-order valence-electron chi connectivity index (χ3n) is 3.56. The van der Waals surface area contributed by atoms with Crippen molar-refractivity contribution in [2.75, 3.05) is 0 Å². The maximum absolute atomic E-state index is 4.37. The van der Waals surface area contributed by atoms with Gasteiger partial charge in [0.1, 0.15) is 0 Å². The van der Waals surface area contributed by atoms with Crippen LogP contribution in [0.15, 0.2) is 12.3 Å². The van der Waals surface area contributed by atoms with Crippen LogP contribution in [0.2, 0.25) is 0 Å². The van der Waals surface area contributed by atoms with Crippen LogP contribution in [0.4, 0.5) is 0 Å². The molecule has 0 radical (unpaired) electrons. The molecule has 1 aromatic rings. The lowest BCUT2D eigenvalue weighted by molar-refractivity contribution is 0.324. The predicted molar refractivity (Wildman–Crippen MR) is 66.4 cm³/mol. The fourth-order valence-corrected chi connectivity index (χ4v) is 3.27. The van der Waals surface area contributed by atoms with Gasteiger partial charge in [-0.1, -0.05) is 22.9 Å². The van der Waals surface area contributed by atoms with Gasteiger partial charge in [-0.15, -0.1) is 0 Å². The molecule has 0 saturated heterocycles. The third kappa shape index (κ3) is 2.27. The second kappa shape index (κ2) is 4.69.